The maximum atomic E-state index is 12.4. The predicted molar refractivity (Wildman–Crippen MR) is 113 cm³/mol. The molecule has 1 unspecified atom stereocenters. The Balaban J connectivity index is 1.65. The standard InChI is InChI=1S/C23H23F3N2O5/c1-28(11-10-23(24,25)26)21(31)19(12-20(29)30)27-22(32)33-13-18-16-8-4-2-6-14(16)15-7-3-5-9-17(15)18/h2-9,18-19H,10-13H2,1H3,(H,27,32)(H,29,30). The molecule has 33 heavy (non-hydrogen) atoms. The third kappa shape index (κ3) is 6.03. The van der Waals surface area contributed by atoms with Crippen LogP contribution < -0.4 is 5.32 Å². The summed E-state index contributed by atoms with van der Waals surface area (Å²) in [4.78, 5) is 36.7. The molecular formula is C23H23F3N2O5. The van der Waals surface area contributed by atoms with Crippen LogP contribution in [0, 0.1) is 0 Å². The predicted octanol–water partition coefficient (Wildman–Crippen LogP) is 3.78. The molecule has 2 aromatic rings. The van der Waals surface area contributed by atoms with Gasteiger partial charge in [-0.15, -0.1) is 0 Å². The van der Waals surface area contributed by atoms with Crippen LogP contribution >= 0.6 is 0 Å². The number of alkyl carbamates (subject to hydrolysis) is 1. The average Bonchev–Trinajstić information content (AvgIpc) is 3.08. The zero-order valence-corrected chi connectivity index (χ0v) is 17.8. The van der Waals surface area contributed by atoms with Crippen molar-refractivity contribution in [2.24, 2.45) is 0 Å². The molecule has 0 aliphatic heterocycles. The van der Waals surface area contributed by atoms with Crippen LogP contribution in [0.1, 0.15) is 29.9 Å². The summed E-state index contributed by atoms with van der Waals surface area (Å²) in [5.41, 5.74) is 3.98. The number of amides is 2. The van der Waals surface area contributed by atoms with Crippen molar-refractivity contribution in [2.75, 3.05) is 20.2 Å². The highest BCUT2D eigenvalue weighted by atomic mass is 19.4. The number of halogens is 3. The lowest BCUT2D eigenvalue weighted by Gasteiger charge is -2.24. The van der Waals surface area contributed by atoms with Crippen LogP contribution in [0.3, 0.4) is 0 Å². The van der Waals surface area contributed by atoms with Crippen LogP contribution in [0.15, 0.2) is 48.5 Å². The molecule has 7 nitrogen and oxygen atoms in total. The minimum absolute atomic E-state index is 0.0578. The van der Waals surface area contributed by atoms with E-state index in [2.05, 4.69) is 5.32 Å². The van der Waals surface area contributed by atoms with Crippen LogP contribution in [0.25, 0.3) is 11.1 Å². The number of nitrogens with zero attached hydrogens (tertiary/aromatic N) is 1. The number of carbonyl (C=O) groups is 3. The molecule has 1 aliphatic rings. The van der Waals surface area contributed by atoms with Crippen molar-refractivity contribution in [3.05, 3.63) is 59.7 Å². The third-order valence-electron chi connectivity index (χ3n) is 5.42. The van der Waals surface area contributed by atoms with Crippen molar-refractivity contribution in [2.45, 2.75) is 31.0 Å². The zero-order valence-electron chi connectivity index (χ0n) is 17.8. The van der Waals surface area contributed by atoms with Crippen LogP contribution in [-0.2, 0) is 14.3 Å². The first-order chi connectivity index (χ1) is 15.6. The summed E-state index contributed by atoms with van der Waals surface area (Å²) >= 11 is 0. The molecule has 3 rings (SSSR count). The summed E-state index contributed by atoms with van der Waals surface area (Å²) in [7, 11) is 1.11. The van der Waals surface area contributed by atoms with E-state index in [-0.39, 0.29) is 12.5 Å². The number of hydrogen-bond acceptors (Lipinski definition) is 4. The van der Waals surface area contributed by atoms with Crippen LogP contribution in [0.4, 0.5) is 18.0 Å². The molecule has 0 spiro atoms. The summed E-state index contributed by atoms with van der Waals surface area (Å²) in [5.74, 6) is -2.59. The van der Waals surface area contributed by atoms with Gasteiger partial charge in [-0.25, -0.2) is 4.79 Å². The number of ether oxygens (including phenoxy) is 1. The van der Waals surface area contributed by atoms with Crippen molar-refractivity contribution >= 4 is 18.0 Å². The molecule has 0 radical (unpaired) electrons. The maximum Gasteiger partial charge on any atom is 0.407 e. The first kappa shape index (κ1) is 24.1. The Morgan fingerprint density at radius 2 is 1.61 bits per heavy atom. The van der Waals surface area contributed by atoms with Crippen molar-refractivity contribution in [1.82, 2.24) is 10.2 Å². The molecule has 0 heterocycles. The van der Waals surface area contributed by atoms with Gasteiger partial charge in [-0.3, -0.25) is 9.59 Å². The lowest BCUT2D eigenvalue weighted by atomic mass is 9.98. The Morgan fingerprint density at radius 1 is 1.06 bits per heavy atom. The number of fused-ring (bicyclic) bond motifs is 3. The van der Waals surface area contributed by atoms with E-state index in [1.54, 1.807) is 0 Å². The largest absolute Gasteiger partial charge is 0.481 e. The van der Waals surface area contributed by atoms with E-state index in [9.17, 15) is 27.6 Å². The second-order valence-electron chi connectivity index (χ2n) is 7.75. The second kappa shape index (κ2) is 9.93. The number of rotatable bonds is 8. The van der Waals surface area contributed by atoms with E-state index in [1.165, 1.54) is 0 Å². The Hall–Kier alpha value is -3.56. The highest BCUT2D eigenvalue weighted by molar-refractivity contribution is 5.89. The van der Waals surface area contributed by atoms with Crippen molar-refractivity contribution in [3.8, 4) is 11.1 Å². The fourth-order valence-corrected chi connectivity index (χ4v) is 3.83. The molecule has 2 N–H and O–H groups in total. The van der Waals surface area contributed by atoms with Gasteiger partial charge in [-0.05, 0) is 22.3 Å². The molecule has 0 fully saturated rings. The molecule has 2 amide bonds. The smallest absolute Gasteiger partial charge is 0.407 e. The summed E-state index contributed by atoms with van der Waals surface area (Å²) in [5, 5.41) is 11.2. The summed E-state index contributed by atoms with van der Waals surface area (Å²) < 4.78 is 42.6. The van der Waals surface area contributed by atoms with E-state index < -0.39 is 49.6 Å². The first-order valence-corrected chi connectivity index (χ1v) is 10.2. The minimum Gasteiger partial charge on any atom is -0.481 e. The van der Waals surface area contributed by atoms with Gasteiger partial charge in [0.05, 0.1) is 12.8 Å². The van der Waals surface area contributed by atoms with E-state index >= 15 is 0 Å². The highest BCUT2D eigenvalue weighted by Gasteiger charge is 2.33. The van der Waals surface area contributed by atoms with Gasteiger partial charge in [0.2, 0.25) is 5.91 Å². The number of alkyl halides is 3. The normalized spacial score (nSPS) is 13.6. The molecule has 1 aliphatic carbocycles. The third-order valence-corrected chi connectivity index (χ3v) is 5.42. The van der Waals surface area contributed by atoms with E-state index in [4.69, 9.17) is 9.84 Å². The molecule has 2 aromatic carbocycles. The van der Waals surface area contributed by atoms with Crippen LogP contribution in [0.2, 0.25) is 0 Å². The highest BCUT2D eigenvalue weighted by Crippen LogP contribution is 2.44. The molecular weight excluding hydrogens is 441 g/mol. The van der Waals surface area contributed by atoms with Crippen LogP contribution in [0.5, 0.6) is 0 Å². The van der Waals surface area contributed by atoms with Gasteiger partial charge in [-0.2, -0.15) is 13.2 Å². The number of carbonyl (C=O) groups excluding carboxylic acids is 2. The van der Waals surface area contributed by atoms with E-state index in [0.29, 0.717) is 0 Å². The molecule has 0 bridgehead atoms. The Kier molecular flexibility index (Phi) is 7.25. The lowest BCUT2D eigenvalue weighted by Crippen LogP contribution is -2.49. The molecule has 0 saturated heterocycles. The van der Waals surface area contributed by atoms with Gasteiger partial charge in [0.1, 0.15) is 12.6 Å². The fourth-order valence-electron chi connectivity index (χ4n) is 3.83. The van der Waals surface area contributed by atoms with Gasteiger partial charge in [0, 0.05) is 19.5 Å². The van der Waals surface area contributed by atoms with Crippen LogP contribution in [-0.4, -0.2) is 60.4 Å². The van der Waals surface area contributed by atoms with Gasteiger partial charge in [0.15, 0.2) is 0 Å². The summed E-state index contributed by atoms with van der Waals surface area (Å²) in [6.07, 6.45) is -7.54. The van der Waals surface area contributed by atoms with Gasteiger partial charge < -0.3 is 20.1 Å². The second-order valence-corrected chi connectivity index (χ2v) is 7.75. The number of hydrogen-bond donors (Lipinski definition) is 2. The van der Waals surface area contributed by atoms with E-state index in [0.717, 1.165) is 34.2 Å². The molecule has 1 atom stereocenters. The topological polar surface area (TPSA) is 95.9 Å². The van der Waals surface area contributed by atoms with Gasteiger partial charge in [0.25, 0.3) is 0 Å². The molecule has 176 valence electrons. The van der Waals surface area contributed by atoms with Gasteiger partial charge in [-0.1, -0.05) is 48.5 Å². The van der Waals surface area contributed by atoms with Gasteiger partial charge >= 0.3 is 18.2 Å². The fraction of sp³-hybridized carbons (Fsp3) is 0.348. The summed E-state index contributed by atoms with van der Waals surface area (Å²) in [6, 6.07) is 13.8. The SMILES string of the molecule is CN(CCC(F)(F)F)C(=O)C(CC(=O)O)NC(=O)OCC1c2ccccc2-c2ccccc21. The van der Waals surface area contributed by atoms with E-state index in [1.807, 2.05) is 48.5 Å². The Bertz CT molecular complexity index is 995. The number of carboxylic acids is 1. The minimum atomic E-state index is -4.48. The quantitative estimate of drug-likeness (QED) is 0.620. The maximum absolute atomic E-state index is 12.4. The monoisotopic (exact) mass is 464 g/mol. The number of benzene rings is 2. The Labute approximate surface area is 188 Å². The Morgan fingerprint density at radius 3 is 2.12 bits per heavy atom. The molecule has 0 saturated carbocycles. The average molecular weight is 464 g/mol. The first-order valence-electron chi connectivity index (χ1n) is 10.2. The summed E-state index contributed by atoms with van der Waals surface area (Å²) in [6.45, 7) is -0.720. The molecule has 10 heteroatoms. The van der Waals surface area contributed by atoms with Crippen molar-refractivity contribution < 1.29 is 37.4 Å². The molecule has 0 aromatic heterocycles. The number of carboxylic acid groups (broad SMARTS) is 1. The number of likely N-dealkylation sites (N-methyl/N-ethyl adjacent to an activating group) is 1. The lowest BCUT2D eigenvalue weighted by molar-refractivity contribution is -0.148. The number of aliphatic carboxylic acids is 1. The van der Waals surface area contributed by atoms with Crippen molar-refractivity contribution in [1.29, 1.82) is 0 Å². The number of nitrogens with one attached hydrogen (secondary N) is 1. The van der Waals surface area contributed by atoms with Crippen molar-refractivity contribution in [3.63, 3.8) is 0 Å². The zero-order chi connectivity index (χ0) is 24.2.